The molecule has 0 amide bonds. The molecular weight excluding hydrogens is 496 g/mol. The molecule has 0 unspecified atom stereocenters. The van der Waals surface area contributed by atoms with Gasteiger partial charge in [0.2, 0.25) is 5.78 Å². The van der Waals surface area contributed by atoms with Crippen molar-refractivity contribution in [3.05, 3.63) is 53.2 Å². The molecule has 11 heteroatoms. The lowest BCUT2D eigenvalue weighted by molar-refractivity contribution is 0.0510. The van der Waals surface area contributed by atoms with E-state index in [4.69, 9.17) is 9.72 Å². The Labute approximate surface area is 227 Å². The van der Waals surface area contributed by atoms with Crippen molar-refractivity contribution in [3.63, 3.8) is 0 Å². The predicted octanol–water partition coefficient (Wildman–Crippen LogP) is 4.04. The Hall–Kier alpha value is -4.12. The second-order valence-corrected chi connectivity index (χ2v) is 10.9. The summed E-state index contributed by atoms with van der Waals surface area (Å²) in [7, 11) is 2.00. The number of pyridine rings is 2. The van der Waals surface area contributed by atoms with E-state index >= 15 is 0 Å². The lowest BCUT2D eigenvalue weighted by Gasteiger charge is -2.32. The third kappa shape index (κ3) is 5.40. The van der Waals surface area contributed by atoms with Crippen molar-refractivity contribution >= 4 is 28.9 Å². The van der Waals surface area contributed by atoms with Crippen LogP contribution in [0.5, 0.6) is 0 Å². The molecule has 0 bridgehead atoms. The predicted molar refractivity (Wildman–Crippen MR) is 148 cm³/mol. The number of nitrogens with one attached hydrogen (secondary N) is 2. The molecule has 0 atom stereocenters. The Kier molecular flexibility index (Phi) is 6.94. The first-order chi connectivity index (χ1) is 18.5. The van der Waals surface area contributed by atoms with Gasteiger partial charge in [-0.3, -0.25) is 9.78 Å². The Bertz CT molecular complexity index is 1540. The number of imidazole rings is 1. The van der Waals surface area contributed by atoms with E-state index in [1.807, 2.05) is 19.2 Å². The number of hydrogen-bond acceptors (Lipinski definition) is 9. The minimum absolute atomic E-state index is 0.207. The Balaban J connectivity index is 1.40. The lowest BCUT2D eigenvalue weighted by Crippen LogP contribution is -2.41. The van der Waals surface area contributed by atoms with Crippen LogP contribution in [0.1, 0.15) is 61.2 Å². The monoisotopic (exact) mass is 530 g/mol. The van der Waals surface area contributed by atoms with Crippen molar-refractivity contribution in [1.29, 1.82) is 0 Å². The highest BCUT2D eigenvalue weighted by atomic mass is 16.6. The molecule has 4 aromatic rings. The van der Waals surface area contributed by atoms with Crippen LogP contribution in [0.15, 0.2) is 30.5 Å². The van der Waals surface area contributed by atoms with Crippen LogP contribution in [-0.4, -0.2) is 73.4 Å². The zero-order valence-electron chi connectivity index (χ0n) is 23.2. The molecule has 0 saturated carbocycles. The first-order valence-corrected chi connectivity index (χ1v) is 13.1. The number of aryl methyl sites for hydroxylation is 1. The molecule has 2 N–H and O–H groups in total. The number of rotatable bonds is 5. The van der Waals surface area contributed by atoms with Gasteiger partial charge in [0.1, 0.15) is 11.4 Å². The molecule has 1 saturated heterocycles. The van der Waals surface area contributed by atoms with E-state index in [0.29, 0.717) is 45.4 Å². The van der Waals surface area contributed by atoms with Crippen LogP contribution >= 0.6 is 0 Å². The van der Waals surface area contributed by atoms with Gasteiger partial charge >= 0.3 is 6.09 Å². The topological polar surface area (TPSA) is 131 Å². The van der Waals surface area contributed by atoms with Crippen LogP contribution in [0.4, 0.5) is 10.6 Å². The van der Waals surface area contributed by atoms with Crippen molar-refractivity contribution in [3.8, 4) is 11.3 Å². The molecule has 5 heterocycles. The van der Waals surface area contributed by atoms with Gasteiger partial charge in [-0.15, -0.1) is 0 Å². The average molecular weight is 531 g/mol. The maximum atomic E-state index is 13.4. The highest BCUT2D eigenvalue weighted by Crippen LogP contribution is 2.27. The summed E-state index contributed by atoms with van der Waals surface area (Å²) >= 11 is 0. The molecule has 1 fully saturated rings. The SMILES string of the molecule is CNC1CCN(c2ccc3[nH]c(C(=O)c4ccnc(-c5c(C)nn(C(=O)OC(C)(C)C)c5C)c4)nc3n2)CC1. The van der Waals surface area contributed by atoms with Gasteiger partial charge < -0.3 is 19.9 Å². The van der Waals surface area contributed by atoms with Crippen LogP contribution in [0.25, 0.3) is 22.4 Å². The Morgan fingerprint density at radius 2 is 1.85 bits per heavy atom. The number of hydrogen-bond donors (Lipinski definition) is 2. The summed E-state index contributed by atoms with van der Waals surface area (Å²) < 4.78 is 6.71. The summed E-state index contributed by atoms with van der Waals surface area (Å²) in [5.74, 6) is 0.795. The molecule has 11 nitrogen and oxygen atoms in total. The maximum Gasteiger partial charge on any atom is 0.435 e. The van der Waals surface area contributed by atoms with Crippen LogP contribution in [0.3, 0.4) is 0 Å². The third-order valence-electron chi connectivity index (χ3n) is 6.91. The van der Waals surface area contributed by atoms with Gasteiger partial charge in [0.25, 0.3) is 0 Å². The van der Waals surface area contributed by atoms with Gasteiger partial charge in [0.15, 0.2) is 11.5 Å². The number of carbonyl (C=O) groups excluding carboxylic acids is 2. The van der Waals surface area contributed by atoms with Crippen molar-refractivity contribution in [2.24, 2.45) is 0 Å². The number of piperidine rings is 1. The molecule has 0 aromatic carbocycles. The van der Waals surface area contributed by atoms with Crippen molar-refractivity contribution in [1.82, 2.24) is 35.0 Å². The standard InChI is InChI=1S/C28H34N8O3/c1-16-23(17(2)36(34-16)27(38)39-28(3,4)5)21-15-18(9-12-30-21)24(37)26-31-20-7-8-22(32-25(20)33-26)35-13-10-19(29-6)11-14-35/h7-9,12,15,19,29H,10-11,13-14H2,1-6H3,(H,31,32,33). The fourth-order valence-electron chi connectivity index (χ4n) is 4.91. The molecule has 1 aliphatic rings. The van der Waals surface area contributed by atoms with Crippen LogP contribution in [0.2, 0.25) is 0 Å². The second-order valence-electron chi connectivity index (χ2n) is 10.9. The largest absolute Gasteiger partial charge is 0.442 e. The van der Waals surface area contributed by atoms with E-state index < -0.39 is 11.7 Å². The summed E-state index contributed by atoms with van der Waals surface area (Å²) in [6, 6.07) is 7.75. The van der Waals surface area contributed by atoms with Crippen LogP contribution < -0.4 is 10.2 Å². The fourth-order valence-corrected chi connectivity index (χ4v) is 4.91. The van der Waals surface area contributed by atoms with E-state index in [-0.39, 0.29) is 11.6 Å². The quantitative estimate of drug-likeness (QED) is 0.367. The number of ketones is 1. The Morgan fingerprint density at radius 1 is 1.10 bits per heavy atom. The summed E-state index contributed by atoms with van der Waals surface area (Å²) in [6.07, 6.45) is 3.11. The maximum absolute atomic E-state index is 13.4. The lowest BCUT2D eigenvalue weighted by atomic mass is 10.1. The number of nitrogens with zero attached hydrogens (tertiary/aromatic N) is 6. The molecule has 0 radical (unpaired) electrons. The van der Waals surface area contributed by atoms with E-state index in [9.17, 15) is 9.59 Å². The molecule has 0 aliphatic carbocycles. The van der Waals surface area contributed by atoms with Gasteiger partial charge in [-0.05, 0) is 78.8 Å². The third-order valence-corrected chi connectivity index (χ3v) is 6.91. The average Bonchev–Trinajstić information content (AvgIpc) is 3.47. The molecule has 1 aliphatic heterocycles. The molecule has 5 rings (SSSR count). The first-order valence-electron chi connectivity index (χ1n) is 13.1. The number of aromatic nitrogens is 6. The van der Waals surface area contributed by atoms with E-state index in [2.05, 4.69) is 30.3 Å². The van der Waals surface area contributed by atoms with Crippen molar-refractivity contribution in [2.75, 3.05) is 25.0 Å². The summed E-state index contributed by atoms with van der Waals surface area (Å²) in [6.45, 7) is 10.8. The Morgan fingerprint density at radius 3 is 2.54 bits per heavy atom. The number of fused-ring (bicyclic) bond motifs is 1. The molecule has 0 spiro atoms. The number of aromatic amines is 1. The number of carbonyl (C=O) groups is 2. The van der Waals surface area contributed by atoms with Crippen LogP contribution in [0, 0.1) is 13.8 Å². The van der Waals surface area contributed by atoms with Crippen molar-refractivity contribution in [2.45, 2.75) is 59.1 Å². The molecule has 204 valence electrons. The second kappa shape index (κ2) is 10.2. The van der Waals surface area contributed by atoms with Crippen LogP contribution in [-0.2, 0) is 4.74 Å². The number of anilines is 1. The summed E-state index contributed by atoms with van der Waals surface area (Å²) in [4.78, 5) is 45.2. The minimum atomic E-state index is -0.653. The zero-order valence-corrected chi connectivity index (χ0v) is 23.2. The van der Waals surface area contributed by atoms with E-state index in [1.54, 1.807) is 52.9 Å². The zero-order chi connectivity index (χ0) is 27.9. The normalized spacial score (nSPS) is 14.7. The molecule has 39 heavy (non-hydrogen) atoms. The highest BCUT2D eigenvalue weighted by molar-refractivity contribution is 6.08. The minimum Gasteiger partial charge on any atom is -0.442 e. The first kappa shape index (κ1) is 26.5. The summed E-state index contributed by atoms with van der Waals surface area (Å²) in [5.41, 5.74) is 3.36. The number of ether oxygens (including phenoxy) is 1. The van der Waals surface area contributed by atoms with Gasteiger partial charge in [-0.1, -0.05) is 0 Å². The van der Waals surface area contributed by atoms with E-state index in [0.717, 1.165) is 31.7 Å². The van der Waals surface area contributed by atoms with Gasteiger partial charge in [0, 0.05) is 36.5 Å². The summed E-state index contributed by atoms with van der Waals surface area (Å²) in [5, 5.41) is 7.71. The smallest absolute Gasteiger partial charge is 0.435 e. The molecular formula is C28H34N8O3. The van der Waals surface area contributed by atoms with Gasteiger partial charge in [-0.25, -0.2) is 14.8 Å². The fraction of sp³-hybridized carbons (Fsp3) is 0.429. The highest BCUT2D eigenvalue weighted by Gasteiger charge is 2.25. The van der Waals surface area contributed by atoms with Crippen molar-refractivity contribution < 1.29 is 14.3 Å². The molecule has 4 aromatic heterocycles. The van der Waals surface area contributed by atoms with Gasteiger partial charge in [0.05, 0.1) is 22.6 Å². The van der Waals surface area contributed by atoms with E-state index in [1.165, 1.54) is 4.68 Å². The van der Waals surface area contributed by atoms with Gasteiger partial charge in [-0.2, -0.15) is 9.78 Å². The number of H-pyrrole nitrogens is 1.